The third-order valence-corrected chi connectivity index (χ3v) is 17.8. The summed E-state index contributed by atoms with van der Waals surface area (Å²) < 4.78 is 21.4. The highest BCUT2D eigenvalue weighted by molar-refractivity contribution is 9.10. The predicted molar refractivity (Wildman–Crippen MR) is 240 cm³/mol. The number of hydrogen-bond acceptors (Lipinski definition) is 8. The maximum Gasteiger partial charge on any atom is 0.269 e. The number of rotatable bonds is 12. The van der Waals surface area contributed by atoms with Gasteiger partial charge in [-0.2, -0.15) is 0 Å². The summed E-state index contributed by atoms with van der Waals surface area (Å²) in [5.41, 5.74) is 4.34. The smallest absolute Gasteiger partial charge is 0.269 e. The minimum absolute atomic E-state index is 0.0184. The van der Waals surface area contributed by atoms with E-state index in [0.717, 1.165) is 32.6 Å². The van der Waals surface area contributed by atoms with Gasteiger partial charge in [-0.05, 0) is 77.7 Å². The summed E-state index contributed by atoms with van der Waals surface area (Å²) in [6, 6.07) is 39.6. The van der Waals surface area contributed by atoms with Crippen molar-refractivity contribution in [3.63, 3.8) is 0 Å². The van der Waals surface area contributed by atoms with Crippen LogP contribution < -0.4 is 24.5 Å². The fourth-order valence-corrected chi connectivity index (χ4v) is 14.4. The largest absolute Gasteiger partial charge is 0.497 e. The Hall–Kier alpha value is -5.60. The van der Waals surface area contributed by atoms with Gasteiger partial charge in [-0.3, -0.25) is 19.2 Å². The number of aliphatic hydroxyl groups excluding tert-OH is 1. The molecule has 61 heavy (non-hydrogen) atoms. The molecule has 9 rings (SSSR count). The topological polar surface area (TPSA) is 119 Å². The zero-order chi connectivity index (χ0) is 42.5. The van der Waals surface area contributed by atoms with Gasteiger partial charge in [0.05, 0.1) is 57.4 Å². The molecule has 312 valence electrons. The molecule has 5 atom stereocenters. The van der Waals surface area contributed by atoms with E-state index in [1.54, 1.807) is 12.0 Å². The van der Waals surface area contributed by atoms with Gasteiger partial charge in [-0.15, -0.1) is 5.10 Å². The van der Waals surface area contributed by atoms with E-state index < -0.39 is 13.7 Å². The highest BCUT2D eigenvalue weighted by Gasteiger charge is 2.66. The van der Waals surface area contributed by atoms with E-state index in [1.807, 2.05) is 125 Å². The maximum absolute atomic E-state index is 15.5. The lowest BCUT2D eigenvalue weighted by Crippen LogP contribution is -2.51. The first-order valence-corrected chi connectivity index (χ1v) is 24.5. The van der Waals surface area contributed by atoms with Crippen LogP contribution in [0.15, 0.2) is 132 Å². The number of anilines is 3. The minimum atomic E-state index is -2.41. The van der Waals surface area contributed by atoms with Gasteiger partial charge < -0.3 is 24.2 Å². The van der Waals surface area contributed by atoms with Crippen molar-refractivity contribution >= 4 is 58.1 Å². The zero-order valence-corrected chi connectivity index (χ0v) is 37.2. The number of carbonyl (C=O) groups is 2. The van der Waals surface area contributed by atoms with Gasteiger partial charge in [0.15, 0.2) is 12.2 Å². The van der Waals surface area contributed by atoms with Crippen molar-refractivity contribution in [3.05, 3.63) is 154 Å². The van der Waals surface area contributed by atoms with Crippen LogP contribution in [0.3, 0.4) is 0 Å². The number of amides is 2. The Kier molecular flexibility index (Phi) is 10.9. The van der Waals surface area contributed by atoms with E-state index in [9.17, 15) is 9.90 Å². The number of ether oxygens (including phenoxy) is 3. The summed E-state index contributed by atoms with van der Waals surface area (Å²) in [6.45, 7) is 7.59. The molecule has 1 saturated heterocycles. The second kappa shape index (κ2) is 16.3. The molecule has 0 saturated carbocycles. The zero-order valence-electron chi connectivity index (χ0n) is 34.6. The van der Waals surface area contributed by atoms with E-state index in [1.165, 1.54) is 5.19 Å². The molecule has 2 amide bonds. The summed E-state index contributed by atoms with van der Waals surface area (Å²) in [7, 11) is -0.741. The van der Waals surface area contributed by atoms with Crippen molar-refractivity contribution in [2.45, 2.75) is 62.7 Å². The van der Waals surface area contributed by atoms with Gasteiger partial charge in [-0.1, -0.05) is 113 Å². The Morgan fingerprint density at radius 2 is 1.70 bits per heavy atom. The first-order valence-electron chi connectivity index (χ1n) is 20.7. The average Bonchev–Trinajstić information content (AvgIpc) is 3.93. The van der Waals surface area contributed by atoms with Gasteiger partial charge >= 0.3 is 0 Å². The fourth-order valence-electron chi connectivity index (χ4n) is 9.97. The maximum atomic E-state index is 15.5. The molecular formula is C48H48BrN5O6Si. The van der Waals surface area contributed by atoms with Crippen LogP contribution in [0.25, 0.3) is 0 Å². The van der Waals surface area contributed by atoms with Crippen LogP contribution in [0.4, 0.5) is 17.1 Å². The summed E-state index contributed by atoms with van der Waals surface area (Å²) >= 11 is 3.74. The number of para-hydroxylation sites is 2. The van der Waals surface area contributed by atoms with E-state index in [-0.39, 0.29) is 55.1 Å². The molecule has 1 spiro atoms. The number of methoxy groups -OCH3 is 1. The van der Waals surface area contributed by atoms with Gasteiger partial charge in [0.25, 0.3) is 11.8 Å². The van der Waals surface area contributed by atoms with Crippen molar-refractivity contribution in [2.24, 2.45) is 5.92 Å². The first-order chi connectivity index (χ1) is 29.5. The number of aliphatic hydroxyl groups is 1. The molecular weight excluding hydrogens is 851 g/mol. The number of carbonyl (C=O) groups excluding carboxylic acids is 2. The Bertz CT molecular complexity index is 2590. The normalized spacial score (nSPS) is 21.4. The van der Waals surface area contributed by atoms with E-state index >= 15 is 4.79 Å². The molecule has 1 N–H and O–H groups in total. The van der Waals surface area contributed by atoms with Crippen LogP contribution in [0.5, 0.6) is 11.5 Å². The lowest BCUT2D eigenvalue weighted by Gasteiger charge is -2.37. The van der Waals surface area contributed by atoms with Crippen LogP contribution in [0, 0.1) is 5.92 Å². The second-order valence-corrected chi connectivity index (χ2v) is 22.3. The van der Waals surface area contributed by atoms with Crippen LogP contribution in [0.2, 0.25) is 18.6 Å². The molecule has 11 nitrogen and oxygen atoms in total. The molecule has 0 bridgehead atoms. The Morgan fingerprint density at radius 1 is 0.934 bits per heavy atom. The van der Waals surface area contributed by atoms with Gasteiger partial charge in [0.2, 0.25) is 0 Å². The molecule has 1 aromatic heterocycles. The number of nitrogens with zero attached hydrogens (tertiary/aromatic N) is 5. The number of halogens is 1. The Morgan fingerprint density at radius 3 is 2.48 bits per heavy atom. The molecule has 1 unspecified atom stereocenters. The fraction of sp³-hybridized carbons (Fsp3) is 0.292. The molecule has 4 heterocycles. The van der Waals surface area contributed by atoms with Crippen LogP contribution >= 0.6 is 15.9 Å². The average molecular weight is 899 g/mol. The highest BCUT2D eigenvalue weighted by atomic mass is 79.9. The highest BCUT2D eigenvalue weighted by Crippen LogP contribution is 2.60. The summed E-state index contributed by atoms with van der Waals surface area (Å²) in [6.07, 6.45) is 2.20. The number of fused-ring (bicyclic) bond motifs is 3. The van der Waals surface area contributed by atoms with Gasteiger partial charge in [0, 0.05) is 34.4 Å². The number of benzene rings is 5. The van der Waals surface area contributed by atoms with E-state index in [2.05, 4.69) is 58.4 Å². The monoisotopic (exact) mass is 897 g/mol. The number of aryl methyl sites for hydroxylation is 1. The van der Waals surface area contributed by atoms with Crippen molar-refractivity contribution in [1.82, 2.24) is 15.0 Å². The molecule has 1 fully saturated rings. The van der Waals surface area contributed by atoms with Crippen molar-refractivity contribution < 1.29 is 28.9 Å². The SMILES string of the molecule is COc1ccc([Si](C)(C)[C@@H]2[C@@H](CCn3cc(C(CO)c4ccccc4)nn3)O[C@]3(C(=O)N(Cc4cccc(N5C(=O)COc6ccccc65)c4)c4ccc(Br)cc43)[C@H]2C)cc1. The first kappa shape index (κ1) is 40.8. The molecule has 0 radical (unpaired) electrons. The van der Waals surface area contributed by atoms with Crippen molar-refractivity contribution in [3.8, 4) is 11.5 Å². The number of hydrogen-bond donors (Lipinski definition) is 1. The van der Waals surface area contributed by atoms with Crippen LogP contribution in [-0.2, 0) is 33.0 Å². The quantitative estimate of drug-likeness (QED) is 0.123. The molecule has 0 aliphatic carbocycles. The van der Waals surface area contributed by atoms with Crippen molar-refractivity contribution in [2.75, 3.05) is 30.1 Å². The molecule has 3 aliphatic rings. The Labute approximate surface area is 365 Å². The van der Waals surface area contributed by atoms with Gasteiger partial charge in [0.1, 0.15) is 11.5 Å². The summed E-state index contributed by atoms with van der Waals surface area (Å²) in [5, 5.41) is 20.6. The Balaban J connectivity index is 1.06. The molecule has 13 heteroatoms. The third kappa shape index (κ3) is 7.16. The minimum Gasteiger partial charge on any atom is -0.497 e. The van der Waals surface area contributed by atoms with Crippen LogP contribution in [-0.4, -0.2) is 66.4 Å². The van der Waals surface area contributed by atoms with E-state index in [0.29, 0.717) is 35.8 Å². The predicted octanol–water partition coefficient (Wildman–Crippen LogP) is 8.08. The van der Waals surface area contributed by atoms with Crippen molar-refractivity contribution in [1.29, 1.82) is 0 Å². The summed E-state index contributed by atoms with van der Waals surface area (Å²) in [4.78, 5) is 32.4. The van der Waals surface area contributed by atoms with Gasteiger partial charge in [-0.25, -0.2) is 0 Å². The molecule has 3 aliphatic heterocycles. The number of aromatic nitrogens is 3. The lowest BCUT2D eigenvalue weighted by molar-refractivity contribution is -0.146. The summed E-state index contributed by atoms with van der Waals surface area (Å²) in [5.74, 6) is 0.675. The molecule has 5 aromatic carbocycles. The van der Waals surface area contributed by atoms with E-state index in [4.69, 9.17) is 14.2 Å². The molecule has 6 aromatic rings. The standard InChI is InChI=1S/C48H48BrN5O6Si/c1-31-46(61(3,4)37-20-18-36(58-2)19-21-37)44(23-24-52-28-40(50-51-52)38(29-55)33-12-6-5-7-13-33)60-48(31)39-26-34(49)17-22-41(39)53(47(48)57)27-32-11-10-14-35(25-32)54-42-15-8-9-16-43(42)59-30-45(54)56/h5-22,25-26,28,31,38,44,46,55H,23-24,27,29-30H2,1-4H3/t31-,38?,44+,46-,48+/m0/s1. The third-order valence-electron chi connectivity index (χ3n) is 13.0. The second-order valence-electron chi connectivity index (χ2n) is 16.7. The van der Waals surface area contributed by atoms with Crippen LogP contribution in [0.1, 0.15) is 41.6 Å². The lowest BCUT2D eigenvalue weighted by atomic mass is 9.82.